The summed E-state index contributed by atoms with van der Waals surface area (Å²) in [6.07, 6.45) is -3.12. The maximum absolute atomic E-state index is 12.4. The van der Waals surface area contributed by atoms with Crippen LogP contribution in [-0.2, 0) is 16.1 Å². The Hall–Kier alpha value is -3.31. The Labute approximate surface area is 193 Å². The van der Waals surface area contributed by atoms with Crippen molar-refractivity contribution in [3.05, 3.63) is 48.3 Å². The number of rotatable bonds is 8. The minimum absolute atomic E-state index is 0.161. The molecular formula is C23H25F3N4O4. The van der Waals surface area contributed by atoms with Crippen LogP contribution in [0.5, 0.6) is 17.2 Å². The smallest absolute Gasteiger partial charge is 0.457 e. The van der Waals surface area contributed by atoms with Crippen LogP contribution in [0.25, 0.3) is 11.0 Å². The summed E-state index contributed by atoms with van der Waals surface area (Å²) < 4.78 is 54.5. The lowest BCUT2D eigenvalue weighted by molar-refractivity contribution is -0.274. The monoisotopic (exact) mass is 478 g/mol. The van der Waals surface area contributed by atoms with Crippen LogP contribution < -0.4 is 20.5 Å². The average Bonchev–Trinajstić information content (AvgIpc) is 3.16. The average molecular weight is 478 g/mol. The number of carbonyl (C=O) groups excluding carboxylic acids is 1. The van der Waals surface area contributed by atoms with Gasteiger partial charge in [0, 0.05) is 25.3 Å². The summed E-state index contributed by atoms with van der Waals surface area (Å²) in [4.78, 5) is 16.2. The molecule has 1 amide bonds. The summed E-state index contributed by atoms with van der Waals surface area (Å²) in [5.74, 6) is 0.866. The summed E-state index contributed by atoms with van der Waals surface area (Å²) in [5, 5.41) is 3.10. The van der Waals surface area contributed by atoms with Crippen LogP contribution >= 0.6 is 0 Å². The number of hydrogen-bond donors (Lipinski definition) is 2. The molecule has 0 spiro atoms. The highest BCUT2D eigenvalue weighted by Gasteiger charge is 2.31. The number of fused-ring (bicyclic) bond motifs is 1. The quantitative estimate of drug-likeness (QED) is 0.507. The Balaban J connectivity index is 1.60. The molecule has 0 aliphatic carbocycles. The number of aromatic nitrogens is 2. The predicted molar refractivity (Wildman–Crippen MR) is 118 cm³/mol. The molecule has 182 valence electrons. The number of benzene rings is 2. The van der Waals surface area contributed by atoms with Gasteiger partial charge in [-0.25, -0.2) is 4.98 Å². The van der Waals surface area contributed by atoms with Crippen LogP contribution in [0.4, 0.5) is 13.2 Å². The highest BCUT2D eigenvalue weighted by molar-refractivity contribution is 5.79. The first kappa shape index (κ1) is 23.8. The number of carbonyl (C=O) groups is 1. The van der Waals surface area contributed by atoms with Crippen LogP contribution in [-0.4, -0.2) is 41.1 Å². The van der Waals surface area contributed by atoms with Gasteiger partial charge in [0.15, 0.2) is 0 Å². The second-order valence-electron chi connectivity index (χ2n) is 8.02. The third-order valence-corrected chi connectivity index (χ3v) is 5.58. The molecule has 1 aliphatic heterocycles. The van der Waals surface area contributed by atoms with Gasteiger partial charge >= 0.3 is 6.36 Å². The maximum Gasteiger partial charge on any atom is 0.573 e. The third-order valence-electron chi connectivity index (χ3n) is 5.58. The fourth-order valence-electron chi connectivity index (χ4n) is 3.85. The van der Waals surface area contributed by atoms with E-state index >= 15 is 0 Å². The second kappa shape index (κ2) is 9.90. The molecule has 1 fully saturated rings. The number of nitrogens with zero attached hydrogens (tertiary/aromatic N) is 2. The highest BCUT2D eigenvalue weighted by atomic mass is 19.4. The van der Waals surface area contributed by atoms with E-state index in [9.17, 15) is 18.0 Å². The number of hydrogen-bond acceptors (Lipinski definition) is 6. The van der Waals surface area contributed by atoms with Crippen LogP contribution in [0.2, 0.25) is 0 Å². The van der Waals surface area contributed by atoms with Gasteiger partial charge < -0.3 is 24.5 Å². The van der Waals surface area contributed by atoms with Crippen LogP contribution in [0, 0.1) is 0 Å². The van der Waals surface area contributed by atoms with E-state index in [1.54, 1.807) is 13.0 Å². The van der Waals surface area contributed by atoms with Gasteiger partial charge in [0.05, 0.1) is 23.6 Å². The normalized spacial score (nSPS) is 15.9. The van der Waals surface area contributed by atoms with E-state index in [4.69, 9.17) is 20.2 Å². The summed E-state index contributed by atoms with van der Waals surface area (Å²) in [6.45, 7) is 3.32. The second-order valence-corrected chi connectivity index (χ2v) is 8.02. The Morgan fingerprint density at radius 1 is 1.18 bits per heavy atom. The molecule has 1 aromatic heterocycles. The molecule has 2 aromatic carbocycles. The molecule has 1 atom stereocenters. The zero-order chi connectivity index (χ0) is 24.3. The van der Waals surface area contributed by atoms with Gasteiger partial charge in [0.2, 0.25) is 5.91 Å². The molecule has 0 unspecified atom stereocenters. The predicted octanol–water partition coefficient (Wildman–Crippen LogP) is 4.04. The molecule has 0 radical (unpaired) electrons. The van der Waals surface area contributed by atoms with Crippen molar-refractivity contribution >= 4 is 16.9 Å². The van der Waals surface area contributed by atoms with Crippen LogP contribution in [0.1, 0.15) is 31.6 Å². The molecule has 1 saturated heterocycles. The summed E-state index contributed by atoms with van der Waals surface area (Å²) in [6, 6.07) is 10.3. The van der Waals surface area contributed by atoms with E-state index in [0.717, 1.165) is 29.7 Å². The molecule has 3 aromatic rings. The van der Waals surface area contributed by atoms with Gasteiger partial charge in [-0.1, -0.05) is 0 Å². The fraction of sp³-hybridized carbons (Fsp3) is 0.391. The van der Waals surface area contributed by atoms with E-state index in [1.807, 2.05) is 12.1 Å². The summed E-state index contributed by atoms with van der Waals surface area (Å²) in [7, 11) is 0. The van der Waals surface area contributed by atoms with Gasteiger partial charge in [-0.3, -0.25) is 10.1 Å². The SMILES string of the molecule is C[C@H](NCc1nc2ccc(Oc3ccc(OC(F)(F)F)cc3)cc2n1C1CCOCC1)C(N)=O. The van der Waals surface area contributed by atoms with Crippen molar-refractivity contribution in [1.29, 1.82) is 0 Å². The zero-order valence-electron chi connectivity index (χ0n) is 18.5. The number of halogens is 3. The highest BCUT2D eigenvalue weighted by Crippen LogP contribution is 2.32. The maximum atomic E-state index is 12.4. The van der Waals surface area contributed by atoms with Crippen LogP contribution in [0.3, 0.4) is 0 Å². The van der Waals surface area contributed by atoms with E-state index in [0.29, 0.717) is 31.3 Å². The minimum atomic E-state index is -4.75. The lowest BCUT2D eigenvalue weighted by atomic mass is 10.1. The molecule has 1 aliphatic rings. The lowest BCUT2D eigenvalue weighted by Crippen LogP contribution is -2.39. The summed E-state index contributed by atoms with van der Waals surface area (Å²) in [5.41, 5.74) is 6.98. The molecule has 2 heterocycles. The first-order valence-electron chi connectivity index (χ1n) is 10.8. The lowest BCUT2D eigenvalue weighted by Gasteiger charge is -2.26. The standard InChI is InChI=1S/C23H25F3N4O4/c1-14(22(27)31)28-13-21-29-19-7-6-18(12-20(19)30(21)15-8-10-32-11-9-15)33-16-2-4-17(5-3-16)34-23(24,25)26/h2-7,12,14-15,28H,8-11,13H2,1H3,(H2,27,31)/t14-/m0/s1. The molecule has 8 nitrogen and oxygen atoms in total. The topological polar surface area (TPSA) is 101 Å². The van der Waals surface area contributed by atoms with Gasteiger partial charge in [0.25, 0.3) is 0 Å². The number of primary amides is 1. The van der Waals surface area contributed by atoms with E-state index < -0.39 is 18.3 Å². The van der Waals surface area contributed by atoms with Crippen molar-refractivity contribution in [3.8, 4) is 17.2 Å². The van der Waals surface area contributed by atoms with E-state index in [1.165, 1.54) is 24.3 Å². The first-order chi connectivity index (χ1) is 16.2. The zero-order valence-corrected chi connectivity index (χ0v) is 18.5. The van der Waals surface area contributed by atoms with Crippen LogP contribution in [0.15, 0.2) is 42.5 Å². The number of ether oxygens (including phenoxy) is 3. The first-order valence-corrected chi connectivity index (χ1v) is 10.8. The minimum Gasteiger partial charge on any atom is -0.457 e. The molecule has 0 bridgehead atoms. The van der Waals surface area contributed by atoms with E-state index in [-0.39, 0.29) is 11.8 Å². The number of imidazole rings is 1. The van der Waals surface area contributed by atoms with Crippen molar-refractivity contribution in [1.82, 2.24) is 14.9 Å². The number of nitrogens with two attached hydrogens (primary N) is 1. The Bertz CT molecular complexity index is 1140. The van der Waals surface area contributed by atoms with Crippen molar-refractivity contribution in [2.24, 2.45) is 5.73 Å². The number of nitrogens with one attached hydrogen (secondary N) is 1. The molecular weight excluding hydrogens is 453 g/mol. The van der Waals surface area contributed by atoms with Gasteiger partial charge in [-0.2, -0.15) is 0 Å². The van der Waals surface area contributed by atoms with Gasteiger partial charge in [-0.05, 0) is 56.2 Å². The van der Waals surface area contributed by atoms with E-state index in [2.05, 4.69) is 14.6 Å². The molecule has 4 rings (SSSR count). The summed E-state index contributed by atoms with van der Waals surface area (Å²) >= 11 is 0. The number of alkyl halides is 3. The van der Waals surface area contributed by atoms with Gasteiger partial charge in [-0.15, -0.1) is 13.2 Å². The Morgan fingerprint density at radius 3 is 2.47 bits per heavy atom. The van der Waals surface area contributed by atoms with Gasteiger partial charge in [0.1, 0.15) is 23.1 Å². The van der Waals surface area contributed by atoms with Crippen molar-refractivity contribution < 1.29 is 32.2 Å². The largest absolute Gasteiger partial charge is 0.573 e. The Morgan fingerprint density at radius 2 is 1.82 bits per heavy atom. The molecule has 34 heavy (non-hydrogen) atoms. The number of amides is 1. The molecule has 3 N–H and O–H groups in total. The Kier molecular flexibility index (Phi) is 6.94. The van der Waals surface area contributed by atoms with Crippen molar-refractivity contribution in [2.75, 3.05) is 13.2 Å². The molecule has 0 saturated carbocycles. The molecule has 11 heteroatoms. The van der Waals surface area contributed by atoms with Crippen molar-refractivity contribution in [2.45, 2.75) is 44.8 Å². The fourth-order valence-corrected chi connectivity index (χ4v) is 3.85. The third kappa shape index (κ3) is 5.78. The van der Waals surface area contributed by atoms with Crippen molar-refractivity contribution in [3.63, 3.8) is 0 Å².